The number of nitrogens with zero attached hydrogens (tertiary/aromatic N) is 1. The molecule has 0 aromatic heterocycles. The van der Waals surface area contributed by atoms with Crippen LogP contribution in [0.1, 0.15) is 19.4 Å². The summed E-state index contributed by atoms with van der Waals surface area (Å²) in [4.78, 5) is 5.32. The fraction of sp³-hybridized carbons (Fsp3) is 0.533. The van der Waals surface area contributed by atoms with E-state index in [0.717, 1.165) is 11.3 Å². The summed E-state index contributed by atoms with van der Waals surface area (Å²) in [5, 5.41) is 7.21. The molecule has 0 unspecified atom stereocenters. The first-order chi connectivity index (χ1) is 9.90. The molecule has 0 aliphatic rings. The van der Waals surface area contributed by atoms with Gasteiger partial charge in [0.1, 0.15) is 16.4 Å². The molecule has 1 aromatic carbocycles. The highest BCUT2D eigenvalue weighted by Gasteiger charge is 2.08. The topological polar surface area (TPSA) is 67.8 Å². The number of hydrogen-bond donors (Lipinski definition) is 1. The Morgan fingerprint density at radius 1 is 1.24 bits per heavy atom. The summed E-state index contributed by atoms with van der Waals surface area (Å²) in [6.07, 6.45) is 1.23. The molecule has 0 aliphatic heterocycles. The van der Waals surface area contributed by atoms with Crippen LogP contribution < -0.4 is 5.32 Å². The van der Waals surface area contributed by atoms with Gasteiger partial charge >= 0.3 is 0 Å². The van der Waals surface area contributed by atoms with E-state index in [9.17, 15) is 8.42 Å². The molecule has 0 atom stereocenters. The summed E-state index contributed by atoms with van der Waals surface area (Å²) in [7, 11) is -2.91. The van der Waals surface area contributed by atoms with E-state index in [1.165, 1.54) is 6.26 Å². The van der Waals surface area contributed by atoms with E-state index in [1.54, 1.807) is 0 Å². The summed E-state index contributed by atoms with van der Waals surface area (Å²) in [5.74, 6) is 0.406. The zero-order valence-electron chi connectivity index (χ0n) is 12.9. The summed E-state index contributed by atoms with van der Waals surface area (Å²) >= 11 is 0. The molecule has 1 aromatic rings. The standard InChI is InChI=1S/C15H24N2O3S/c1-13(2)15(14-7-5-4-6-8-14)17-20-11-9-16-10-12-21(3,18)19/h4-8,13,16H,9-12H2,1-3H3/b17-15-. The molecule has 6 heteroatoms. The normalized spacial score (nSPS) is 12.7. The summed E-state index contributed by atoms with van der Waals surface area (Å²) < 4.78 is 21.9. The van der Waals surface area contributed by atoms with Gasteiger partial charge in [0.05, 0.1) is 11.5 Å². The molecule has 0 saturated carbocycles. The SMILES string of the molecule is CC(C)/C(=N/OCCNCCS(C)(=O)=O)c1ccccc1. The van der Waals surface area contributed by atoms with Crippen molar-refractivity contribution in [1.29, 1.82) is 0 Å². The molecule has 0 bridgehead atoms. The van der Waals surface area contributed by atoms with Gasteiger partial charge in [-0.25, -0.2) is 8.42 Å². The molecule has 0 fully saturated rings. The molecule has 0 amide bonds. The van der Waals surface area contributed by atoms with Crippen molar-refractivity contribution in [3.05, 3.63) is 35.9 Å². The molecule has 5 nitrogen and oxygen atoms in total. The van der Waals surface area contributed by atoms with Gasteiger partial charge in [-0.3, -0.25) is 0 Å². The van der Waals surface area contributed by atoms with E-state index in [2.05, 4.69) is 24.3 Å². The van der Waals surface area contributed by atoms with Crippen molar-refractivity contribution < 1.29 is 13.3 Å². The second-order valence-corrected chi connectivity index (χ2v) is 7.47. The molecule has 21 heavy (non-hydrogen) atoms. The summed E-state index contributed by atoms with van der Waals surface area (Å²) in [5.41, 5.74) is 1.96. The van der Waals surface area contributed by atoms with E-state index < -0.39 is 9.84 Å². The Hall–Kier alpha value is -1.40. The molecule has 0 aliphatic carbocycles. The van der Waals surface area contributed by atoms with Gasteiger partial charge in [0.15, 0.2) is 0 Å². The minimum Gasteiger partial charge on any atom is -0.394 e. The first-order valence-electron chi connectivity index (χ1n) is 7.04. The van der Waals surface area contributed by atoms with Crippen LogP contribution in [0, 0.1) is 5.92 Å². The van der Waals surface area contributed by atoms with Crippen LogP contribution >= 0.6 is 0 Å². The fourth-order valence-corrected chi connectivity index (χ4v) is 2.23. The Balaban J connectivity index is 2.36. The maximum absolute atomic E-state index is 10.9. The summed E-state index contributed by atoms with van der Waals surface area (Å²) in [6.45, 7) is 5.55. The fourth-order valence-electron chi connectivity index (χ4n) is 1.72. The largest absolute Gasteiger partial charge is 0.394 e. The number of sulfone groups is 1. The molecular formula is C15H24N2O3S. The number of nitrogens with one attached hydrogen (secondary N) is 1. The van der Waals surface area contributed by atoms with Crippen LogP contribution in [-0.4, -0.2) is 45.8 Å². The molecule has 0 spiro atoms. The number of hydrogen-bond acceptors (Lipinski definition) is 5. The predicted molar refractivity (Wildman–Crippen MR) is 86.3 cm³/mol. The highest BCUT2D eigenvalue weighted by molar-refractivity contribution is 7.90. The average Bonchev–Trinajstić information content (AvgIpc) is 2.41. The second kappa shape index (κ2) is 8.79. The summed E-state index contributed by atoms with van der Waals surface area (Å²) in [6, 6.07) is 9.92. The van der Waals surface area contributed by atoms with E-state index in [-0.39, 0.29) is 11.7 Å². The maximum Gasteiger partial charge on any atom is 0.148 e. The van der Waals surface area contributed by atoms with Crippen LogP contribution in [0.2, 0.25) is 0 Å². The first-order valence-corrected chi connectivity index (χ1v) is 9.10. The van der Waals surface area contributed by atoms with Crippen molar-refractivity contribution >= 4 is 15.5 Å². The van der Waals surface area contributed by atoms with Crippen molar-refractivity contribution in [2.75, 3.05) is 31.7 Å². The highest BCUT2D eigenvalue weighted by Crippen LogP contribution is 2.09. The van der Waals surface area contributed by atoms with Gasteiger partial charge < -0.3 is 10.2 Å². The first kappa shape index (κ1) is 17.7. The van der Waals surface area contributed by atoms with Gasteiger partial charge in [-0.1, -0.05) is 49.3 Å². The Bertz CT molecular complexity index is 539. The lowest BCUT2D eigenvalue weighted by atomic mass is 10.0. The van der Waals surface area contributed by atoms with Gasteiger partial charge in [-0.05, 0) is 11.5 Å². The minimum atomic E-state index is -2.91. The van der Waals surface area contributed by atoms with Crippen LogP contribution in [0.25, 0.3) is 0 Å². The Kier molecular flexibility index (Phi) is 7.39. The van der Waals surface area contributed by atoms with Gasteiger partial charge in [0, 0.05) is 19.3 Å². The van der Waals surface area contributed by atoms with Crippen LogP contribution in [0.5, 0.6) is 0 Å². The lowest BCUT2D eigenvalue weighted by Crippen LogP contribution is -2.25. The smallest absolute Gasteiger partial charge is 0.148 e. The number of benzene rings is 1. The van der Waals surface area contributed by atoms with Crippen LogP contribution in [0.3, 0.4) is 0 Å². The van der Waals surface area contributed by atoms with E-state index >= 15 is 0 Å². The molecule has 0 saturated heterocycles. The molecule has 1 N–H and O–H groups in total. The van der Waals surface area contributed by atoms with Crippen molar-refractivity contribution in [2.24, 2.45) is 11.1 Å². The molecule has 0 heterocycles. The monoisotopic (exact) mass is 312 g/mol. The van der Waals surface area contributed by atoms with Gasteiger partial charge in [0.25, 0.3) is 0 Å². The van der Waals surface area contributed by atoms with Gasteiger partial charge in [0.2, 0.25) is 0 Å². The Morgan fingerprint density at radius 2 is 1.90 bits per heavy atom. The lowest BCUT2D eigenvalue weighted by molar-refractivity contribution is 0.145. The van der Waals surface area contributed by atoms with Crippen molar-refractivity contribution in [2.45, 2.75) is 13.8 Å². The molecule has 0 radical (unpaired) electrons. The lowest BCUT2D eigenvalue weighted by Gasteiger charge is -2.10. The maximum atomic E-state index is 10.9. The third kappa shape index (κ3) is 7.82. The minimum absolute atomic E-state index is 0.136. The number of oxime groups is 1. The third-order valence-electron chi connectivity index (χ3n) is 2.80. The van der Waals surface area contributed by atoms with E-state index in [1.807, 2.05) is 30.3 Å². The van der Waals surface area contributed by atoms with Crippen molar-refractivity contribution in [3.8, 4) is 0 Å². The quantitative estimate of drug-likeness (QED) is 0.428. The van der Waals surface area contributed by atoms with Crippen LogP contribution in [0.15, 0.2) is 35.5 Å². The zero-order chi connectivity index (χ0) is 15.7. The number of rotatable bonds is 9. The van der Waals surface area contributed by atoms with Crippen LogP contribution in [0.4, 0.5) is 0 Å². The van der Waals surface area contributed by atoms with Crippen molar-refractivity contribution in [3.63, 3.8) is 0 Å². The predicted octanol–water partition coefficient (Wildman–Crippen LogP) is 1.70. The molecular weight excluding hydrogens is 288 g/mol. The van der Waals surface area contributed by atoms with Crippen molar-refractivity contribution in [1.82, 2.24) is 5.32 Å². The Labute approximate surface area is 127 Å². The highest BCUT2D eigenvalue weighted by atomic mass is 32.2. The average molecular weight is 312 g/mol. The molecule has 118 valence electrons. The van der Waals surface area contributed by atoms with E-state index in [0.29, 0.717) is 19.7 Å². The zero-order valence-corrected chi connectivity index (χ0v) is 13.7. The van der Waals surface area contributed by atoms with Crippen LogP contribution in [-0.2, 0) is 14.7 Å². The van der Waals surface area contributed by atoms with E-state index in [4.69, 9.17) is 4.84 Å². The molecule has 1 rings (SSSR count). The third-order valence-corrected chi connectivity index (χ3v) is 3.74. The Morgan fingerprint density at radius 3 is 2.48 bits per heavy atom. The second-order valence-electron chi connectivity index (χ2n) is 5.21. The van der Waals surface area contributed by atoms with Gasteiger partial charge in [-0.15, -0.1) is 0 Å². The van der Waals surface area contributed by atoms with Gasteiger partial charge in [-0.2, -0.15) is 0 Å².